The standard InChI is InChI=1S/C23H28N4O2/c1-4-17(18-8-6-5-7-9-18)15-24-23(29)25-20-10-11-21-19(14-20)12-13-27(21)16-22(28)26(2)3/h5-14,17H,4,15-16H2,1-3H3,(H2,24,25,29). The first-order valence-electron chi connectivity index (χ1n) is 9.86. The molecule has 6 heteroatoms. The number of carbonyl (C=O) groups is 2. The van der Waals surface area contributed by atoms with E-state index in [4.69, 9.17) is 0 Å². The summed E-state index contributed by atoms with van der Waals surface area (Å²) >= 11 is 0. The van der Waals surface area contributed by atoms with Gasteiger partial charge in [0.2, 0.25) is 5.91 Å². The van der Waals surface area contributed by atoms with E-state index < -0.39 is 0 Å². The van der Waals surface area contributed by atoms with Gasteiger partial charge in [-0.25, -0.2) is 4.79 Å². The van der Waals surface area contributed by atoms with E-state index in [2.05, 4.69) is 29.7 Å². The molecule has 0 aliphatic rings. The van der Waals surface area contributed by atoms with Gasteiger partial charge in [0.25, 0.3) is 0 Å². The van der Waals surface area contributed by atoms with E-state index in [1.54, 1.807) is 19.0 Å². The summed E-state index contributed by atoms with van der Waals surface area (Å²) in [7, 11) is 3.49. The van der Waals surface area contributed by atoms with Gasteiger partial charge in [-0.3, -0.25) is 4.79 Å². The minimum Gasteiger partial charge on any atom is -0.347 e. The van der Waals surface area contributed by atoms with Crippen molar-refractivity contribution in [3.63, 3.8) is 0 Å². The number of urea groups is 1. The van der Waals surface area contributed by atoms with Crippen molar-refractivity contribution in [1.29, 1.82) is 0 Å². The summed E-state index contributed by atoms with van der Waals surface area (Å²) in [4.78, 5) is 25.9. The van der Waals surface area contributed by atoms with Crippen LogP contribution in [0.4, 0.5) is 10.5 Å². The lowest BCUT2D eigenvalue weighted by Gasteiger charge is -2.16. The van der Waals surface area contributed by atoms with Crippen LogP contribution in [0.25, 0.3) is 10.9 Å². The molecule has 0 saturated carbocycles. The van der Waals surface area contributed by atoms with Gasteiger partial charge in [0.15, 0.2) is 0 Å². The minimum atomic E-state index is -0.221. The van der Waals surface area contributed by atoms with Crippen molar-refractivity contribution >= 4 is 28.5 Å². The lowest BCUT2D eigenvalue weighted by atomic mass is 9.97. The fourth-order valence-corrected chi connectivity index (χ4v) is 3.32. The Morgan fingerprint density at radius 1 is 1.07 bits per heavy atom. The molecule has 6 nitrogen and oxygen atoms in total. The average molecular weight is 393 g/mol. The van der Waals surface area contributed by atoms with Crippen LogP contribution in [0, 0.1) is 0 Å². The number of amides is 3. The van der Waals surface area contributed by atoms with Gasteiger partial charge in [0.1, 0.15) is 6.54 Å². The van der Waals surface area contributed by atoms with E-state index in [9.17, 15) is 9.59 Å². The van der Waals surface area contributed by atoms with Gasteiger partial charge in [0, 0.05) is 49.3 Å². The fraction of sp³-hybridized carbons (Fsp3) is 0.304. The number of likely N-dealkylation sites (N-methyl/N-ethyl adjacent to an activating group) is 1. The Kier molecular flexibility index (Phi) is 6.54. The maximum absolute atomic E-state index is 12.3. The number of benzene rings is 2. The van der Waals surface area contributed by atoms with Crippen molar-refractivity contribution in [2.75, 3.05) is 26.0 Å². The Morgan fingerprint density at radius 2 is 1.83 bits per heavy atom. The van der Waals surface area contributed by atoms with E-state index in [1.165, 1.54) is 5.56 Å². The van der Waals surface area contributed by atoms with Crippen LogP contribution < -0.4 is 10.6 Å². The third-order valence-electron chi connectivity index (χ3n) is 5.11. The van der Waals surface area contributed by atoms with Crippen LogP contribution in [0.3, 0.4) is 0 Å². The lowest BCUT2D eigenvalue weighted by molar-refractivity contribution is -0.129. The van der Waals surface area contributed by atoms with Crippen molar-refractivity contribution in [2.24, 2.45) is 0 Å². The van der Waals surface area contributed by atoms with Crippen molar-refractivity contribution in [2.45, 2.75) is 25.8 Å². The minimum absolute atomic E-state index is 0.0352. The molecule has 3 aromatic rings. The maximum Gasteiger partial charge on any atom is 0.319 e. The van der Waals surface area contributed by atoms with E-state index in [-0.39, 0.29) is 17.9 Å². The van der Waals surface area contributed by atoms with Gasteiger partial charge in [0.05, 0.1) is 0 Å². The van der Waals surface area contributed by atoms with Crippen LogP contribution in [-0.4, -0.2) is 42.0 Å². The highest BCUT2D eigenvalue weighted by Crippen LogP contribution is 2.21. The molecule has 3 rings (SSSR count). The average Bonchev–Trinajstić information content (AvgIpc) is 3.11. The van der Waals surface area contributed by atoms with E-state index in [0.29, 0.717) is 13.1 Å². The third-order valence-corrected chi connectivity index (χ3v) is 5.11. The van der Waals surface area contributed by atoms with Gasteiger partial charge in [-0.05, 0) is 36.2 Å². The Balaban J connectivity index is 1.61. The van der Waals surface area contributed by atoms with E-state index >= 15 is 0 Å². The molecule has 2 aromatic carbocycles. The number of carbonyl (C=O) groups excluding carboxylic acids is 2. The third kappa shape index (κ3) is 5.16. The summed E-state index contributed by atoms with van der Waals surface area (Å²) in [6, 6.07) is 17.6. The molecular weight excluding hydrogens is 364 g/mol. The molecule has 152 valence electrons. The molecule has 0 bridgehead atoms. The number of hydrogen-bond acceptors (Lipinski definition) is 2. The summed E-state index contributed by atoms with van der Waals surface area (Å²) in [5.41, 5.74) is 2.91. The van der Waals surface area contributed by atoms with Crippen LogP contribution in [0.5, 0.6) is 0 Å². The van der Waals surface area contributed by atoms with Crippen molar-refractivity contribution < 1.29 is 9.59 Å². The quantitative estimate of drug-likeness (QED) is 0.637. The van der Waals surface area contributed by atoms with Crippen LogP contribution >= 0.6 is 0 Å². The number of hydrogen-bond donors (Lipinski definition) is 2. The highest BCUT2D eigenvalue weighted by molar-refractivity contribution is 5.93. The number of anilines is 1. The topological polar surface area (TPSA) is 66.4 Å². The van der Waals surface area contributed by atoms with Crippen LogP contribution in [0.2, 0.25) is 0 Å². The molecule has 0 radical (unpaired) electrons. The number of fused-ring (bicyclic) bond motifs is 1. The summed E-state index contributed by atoms with van der Waals surface area (Å²) < 4.78 is 1.91. The second-order valence-corrected chi connectivity index (χ2v) is 7.36. The van der Waals surface area contributed by atoms with Gasteiger partial charge in [-0.1, -0.05) is 37.3 Å². The van der Waals surface area contributed by atoms with Gasteiger partial charge >= 0.3 is 6.03 Å². The first kappa shape index (κ1) is 20.5. The van der Waals surface area contributed by atoms with Crippen LogP contribution in [0.1, 0.15) is 24.8 Å². The van der Waals surface area contributed by atoms with Crippen LogP contribution in [-0.2, 0) is 11.3 Å². The van der Waals surface area contributed by atoms with Crippen molar-refractivity contribution in [1.82, 2.24) is 14.8 Å². The molecule has 0 aliphatic heterocycles. The Labute approximate surface area is 171 Å². The number of aromatic nitrogens is 1. The highest BCUT2D eigenvalue weighted by Gasteiger charge is 2.12. The first-order valence-corrected chi connectivity index (χ1v) is 9.86. The Hall–Kier alpha value is -3.28. The summed E-state index contributed by atoms with van der Waals surface area (Å²) in [6.07, 6.45) is 2.84. The molecule has 3 amide bonds. The molecule has 29 heavy (non-hydrogen) atoms. The lowest BCUT2D eigenvalue weighted by Crippen LogP contribution is -2.32. The fourth-order valence-electron chi connectivity index (χ4n) is 3.32. The zero-order chi connectivity index (χ0) is 20.8. The molecule has 0 spiro atoms. The molecule has 0 fully saturated rings. The normalized spacial score (nSPS) is 11.8. The zero-order valence-corrected chi connectivity index (χ0v) is 17.2. The Bertz CT molecular complexity index is 979. The molecule has 1 unspecified atom stereocenters. The van der Waals surface area contributed by atoms with Gasteiger partial charge in [-0.15, -0.1) is 0 Å². The second-order valence-electron chi connectivity index (χ2n) is 7.36. The monoisotopic (exact) mass is 392 g/mol. The van der Waals surface area contributed by atoms with Crippen molar-refractivity contribution in [3.8, 4) is 0 Å². The van der Waals surface area contributed by atoms with E-state index in [1.807, 2.05) is 53.2 Å². The smallest absolute Gasteiger partial charge is 0.319 e. The molecule has 1 aromatic heterocycles. The molecule has 2 N–H and O–H groups in total. The van der Waals surface area contributed by atoms with Gasteiger partial charge in [-0.2, -0.15) is 0 Å². The molecule has 1 heterocycles. The predicted molar refractivity (Wildman–Crippen MR) is 117 cm³/mol. The SMILES string of the molecule is CCC(CNC(=O)Nc1ccc2c(ccn2CC(=O)N(C)C)c1)c1ccccc1. The first-order chi connectivity index (χ1) is 14.0. The molecule has 0 saturated heterocycles. The maximum atomic E-state index is 12.3. The highest BCUT2D eigenvalue weighted by atomic mass is 16.2. The van der Waals surface area contributed by atoms with Crippen molar-refractivity contribution in [3.05, 3.63) is 66.4 Å². The second kappa shape index (κ2) is 9.28. The van der Waals surface area contributed by atoms with Crippen LogP contribution in [0.15, 0.2) is 60.8 Å². The number of nitrogens with zero attached hydrogens (tertiary/aromatic N) is 2. The van der Waals surface area contributed by atoms with Gasteiger partial charge < -0.3 is 20.1 Å². The summed E-state index contributed by atoms with van der Waals surface area (Å²) in [5, 5.41) is 6.84. The summed E-state index contributed by atoms with van der Waals surface area (Å²) in [6.45, 7) is 3.00. The number of rotatable bonds is 7. The molecular formula is C23H28N4O2. The largest absolute Gasteiger partial charge is 0.347 e. The van der Waals surface area contributed by atoms with E-state index in [0.717, 1.165) is 23.0 Å². The Morgan fingerprint density at radius 3 is 2.52 bits per heavy atom. The number of nitrogens with one attached hydrogen (secondary N) is 2. The zero-order valence-electron chi connectivity index (χ0n) is 17.2. The molecule has 0 aliphatic carbocycles. The summed E-state index contributed by atoms with van der Waals surface area (Å²) in [5.74, 6) is 0.320. The molecule has 1 atom stereocenters. The predicted octanol–water partition coefficient (Wildman–Crippen LogP) is 4.04.